The minimum atomic E-state index is 0.138. The molecule has 0 radical (unpaired) electrons. The molecule has 0 spiro atoms. The van der Waals surface area contributed by atoms with Crippen molar-refractivity contribution in [3.05, 3.63) is 22.2 Å². The van der Waals surface area contributed by atoms with Gasteiger partial charge in [-0.3, -0.25) is 0 Å². The molecule has 0 aliphatic carbocycles. The van der Waals surface area contributed by atoms with Crippen LogP contribution in [0.4, 0.5) is 0 Å². The first-order valence-electron chi connectivity index (χ1n) is 6.41. The average Bonchev–Trinajstić information content (AvgIpc) is 3.07. The molecule has 102 valence electrons. The fourth-order valence-electron chi connectivity index (χ4n) is 2.41. The van der Waals surface area contributed by atoms with Crippen molar-refractivity contribution in [2.24, 2.45) is 0 Å². The van der Waals surface area contributed by atoms with E-state index in [1.165, 1.54) is 5.56 Å². The molecule has 0 saturated carbocycles. The molecule has 2 aromatic rings. The predicted octanol–water partition coefficient (Wildman–Crippen LogP) is 2.20. The molecule has 6 heteroatoms. The molecule has 3 rings (SSSR count). The maximum atomic E-state index is 5.53. The van der Waals surface area contributed by atoms with Crippen LogP contribution in [0.15, 0.2) is 15.3 Å². The van der Waals surface area contributed by atoms with Crippen molar-refractivity contribution in [3.8, 4) is 11.4 Å². The Bertz CT molecular complexity index is 552. The molecule has 2 atom stereocenters. The lowest BCUT2D eigenvalue weighted by Crippen LogP contribution is -2.39. The van der Waals surface area contributed by atoms with Crippen LogP contribution in [0.5, 0.6) is 0 Å². The molecular formula is C13H17N3O2S. The Balaban J connectivity index is 1.86. The Morgan fingerprint density at radius 3 is 3.05 bits per heavy atom. The number of nitrogens with zero attached hydrogens (tertiary/aromatic N) is 2. The molecule has 19 heavy (non-hydrogen) atoms. The molecule has 0 bridgehead atoms. The Hall–Kier alpha value is -1.24. The second kappa shape index (κ2) is 5.40. The van der Waals surface area contributed by atoms with Gasteiger partial charge in [-0.15, -0.1) is 0 Å². The standard InChI is InChI=1S/C13H17N3O2S/c1-8-6-19-7-10(8)12-15-13(18-16-12)9-5-17-4-3-11(9)14-2/h6-7,9,11,14H,3-5H2,1-2H3. The third kappa shape index (κ3) is 2.43. The van der Waals surface area contributed by atoms with E-state index in [4.69, 9.17) is 9.26 Å². The van der Waals surface area contributed by atoms with Gasteiger partial charge >= 0.3 is 0 Å². The average molecular weight is 279 g/mol. The number of ether oxygens (including phenoxy) is 1. The van der Waals surface area contributed by atoms with Crippen molar-refractivity contribution in [1.82, 2.24) is 15.5 Å². The number of nitrogens with one attached hydrogen (secondary N) is 1. The van der Waals surface area contributed by atoms with E-state index >= 15 is 0 Å². The van der Waals surface area contributed by atoms with Gasteiger partial charge in [0.25, 0.3) is 0 Å². The summed E-state index contributed by atoms with van der Waals surface area (Å²) in [6.07, 6.45) is 0.969. The van der Waals surface area contributed by atoms with Crippen molar-refractivity contribution in [2.75, 3.05) is 20.3 Å². The summed E-state index contributed by atoms with van der Waals surface area (Å²) in [4.78, 5) is 4.54. The Labute approximate surface area is 116 Å². The summed E-state index contributed by atoms with van der Waals surface area (Å²) in [5, 5.41) is 11.5. The Morgan fingerprint density at radius 2 is 2.32 bits per heavy atom. The molecule has 1 saturated heterocycles. The molecule has 2 unspecified atom stereocenters. The Kier molecular flexibility index (Phi) is 3.63. The van der Waals surface area contributed by atoms with Crippen LogP contribution < -0.4 is 5.32 Å². The minimum absolute atomic E-state index is 0.138. The van der Waals surface area contributed by atoms with Gasteiger partial charge in [0.15, 0.2) is 0 Å². The normalized spacial score (nSPS) is 23.7. The fourth-order valence-corrected chi connectivity index (χ4v) is 3.24. The lowest BCUT2D eigenvalue weighted by atomic mass is 9.96. The molecule has 5 nitrogen and oxygen atoms in total. The molecule has 0 aromatic carbocycles. The first-order chi connectivity index (χ1) is 9.29. The first kappa shape index (κ1) is 12.8. The van der Waals surface area contributed by atoms with Crippen molar-refractivity contribution in [2.45, 2.75) is 25.3 Å². The van der Waals surface area contributed by atoms with E-state index in [0.29, 0.717) is 24.4 Å². The lowest BCUT2D eigenvalue weighted by molar-refractivity contribution is 0.0516. The number of hydrogen-bond donors (Lipinski definition) is 1. The van der Waals surface area contributed by atoms with Gasteiger partial charge in [0.1, 0.15) is 0 Å². The summed E-state index contributed by atoms with van der Waals surface area (Å²) in [6.45, 7) is 3.48. The number of hydrogen-bond acceptors (Lipinski definition) is 6. The highest BCUT2D eigenvalue weighted by Gasteiger charge is 2.30. The van der Waals surface area contributed by atoms with E-state index in [0.717, 1.165) is 18.6 Å². The van der Waals surface area contributed by atoms with E-state index in [1.807, 2.05) is 7.05 Å². The van der Waals surface area contributed by atoms with Crippen LogP contribution in [0.3, 0.4) is 0 Å². The van der Waals surface area contributed by atoms with E-state index in [1.54, 1.807) is 11.3 Å². The number of aromatic nitrogens is 2. The van der Waals surface area contributed by atoms with Gasteiger partial charge in [-0.1, -0.05) is 5.16 Å². The third-order valence-electron chi connectivity index (χ3n) is 3.58. The van der Waals surface area contributed by atoms with Crippen molar-refractivity contribution < 1.29 is 9.26 Å². The zero-order chi connectivity index (χ0) is 13.2. The van der Waals surface area contributed by atoms with Gasteiger partial charge in [-0.2, -0.15) is 16.3 Å². The van der Waals surface area contributed by atoms with Gasteiger partial charge in [0, 0.05) is 23.6 Å². The molecule has 1 aliphatic rings. The zero-order valence-electron chi connectivity index (χ0n) is 11.0. The highest BCUT2D eigenvalue weighted by Crippen LogP contribution is 2.29. The summed E-state index contributed by atoms with van der Waals surface area (Å²) < 4.78 is 11.0. The number of aryl methyl sites for hydroxylation is 1. The second-order valence-electron chi connectivity index (χ2n) is 4.79. The van der Waals surface area contributed by atoms with Crippen molar-refractivity contribution >= 4 is 11.3 Å². The fraction of sp³-hybridized carbons (Fsp3) is 0.538. The zero-order valence-corrected chi connectivity index (χ0v) is 11.9. The molecule has 1 aliphatic heterocycles. The molecule has 1 fully saturated rings. The van der Waals surface area contributed by atoms with E-state index in [2.05, 4.69) is 33.1 Å². The third-order valence-corrected chi connectivity index (χ3v) is 4.44. The number of rotatable bonds is 3. The summed E-state index contributed by atoms with van der Waals surface area (Å²) in [5.41, 5.74) is 2.24. The van der Waals surface area contributed by atoms with Crippen LogP contribution in [-0.2, 0) is 4.74 Å². The van der Waals surface area contributed by atoms with Gasteiger partial charge < -0.3 is 14.6 Å². The van der Waals surface area contributed by atoms with Crippen molar-refractivity contribution in [1.29, 1.82) is 0 Å². The summed E-state index contributed by atoms with van der Waals surface area (Å²) in [7, 11) is 1.96. The number of likely N-dealkylation sites (N-methyl/N-ethyl adjacent to an activating group) is 1. The second-order valence-corrected chi connectivity index (χ2v) is 5.53. The minimum Gasteiger partial charge on any atom is -0.381 e. The number of thiophene rings is 1. The van der Waals surface area contributed by atoms with Crippen LogP contribution in [0.2, 0.25) is 0 Å². The monoisotopic (exact) mass is 279 g/mol. The van der Waals surface area contributed by atoms with Crippen LogP contribution in [0.25, 0.3) is 11.4 Å². The quantitative estimate of drug-likeness (QED) is 0.933. The predicted molar refractivity (Wildman–Crippen MR) is 73.4 cm³/mol. The van der Waals surface area contributed by atoms with Gasteiger partial charge in [-0.05, 0) is 31.3 Å². The van der Waals surface area contributed by atoms with Crippen LogP contribution in [0, 0.1) is 6.92 Å². The molecule has 1 N–H and O–H groups in total. The van der Waals surface area contributed by atoms with Gasteiger partial charge in [-0.25, -0.2) is 0 Å². The van der Waals surface area contributed by atoms with Crippen LogP contribution in [0.1, 0.15) is 23.8 Å². The first-order valence-corrected chi connectivity index (χ1v) is 7.35. The highest BCUT2D eigenvalue weighted by molar-refractivity contribution is 7.08. The van der Waals surface area contributed by atoms with Gasteiger partial charge in [0.05, 0.1) is 12.5 Å². The van der Waals surface area contributed by atoms with Crippen LogP contribution in [-0.4, -0.2) is 36.4 Å². The maximum Gasteiger partial charge on any atom is 0.233 e. The largest absolute Gasteiger partial charge is 0.381 e. The van der Waals surface area contributed by atoms with Crippen molar-refractivity contribution in [3.63, 3.8) is 0 Å². The maximum absolute atomic E-state index is 5.53. The SMILES string of the molecule is CNC1CCOCC1c1nc(-c2cscc2C)no1. The molecule has 2 aromatic heterocycles. The van der Waals surface area contributed by atoms with Crippen LogP contribution >= 0.6 is 11.3 Å². The summed E-state index contributed by atoms with van der Waals surface area (Å²) >= 11 is 1.65. The Morgan fingerprint density at radius 1 is 1.42 bits per heavy atom. The molecular weight excluding hydrogens is 262 g/mol. The topological polar surface area (TPSA) is 60.2 Å². The van der Waals surface area contributed by atoms with E-state index in [9.17, 15) is 0 Å². The highest BCUT2D eigenvalue weighted by atomic mass is 32.1. The van der Waals surface area contributed by atoms with Gasteiger partial charge in [0.2, 0.25) is 11.7 Å². The molecule has 0 amide bonds. The summed E-state index contributed by atoms with van der Waals surface area (Å²) in [6, 6.07) is 0.339. The lowest BCUT2D eigenvalue weighted by Gasteiger charge is -2.28. The molecule has 3 heterocycles. The van der Waals surface area contributed by atoms with E-state index in [-0.39, 0.29) is 5.92 Å². The van der Waals surface area contributed by atoms with E-state index < -0.39 is 0 Å². The smallest absolute Gasteiger partial charge is 0.233 e. The summed E-state index contributed by atoms with van der Waals surface area (Å²) in [5.74, 6) is 1.48.